The van der Waals surface area contributed by atoms with Crippen LogP contribution in [0, 0.1) is 12.7 Å². The van der Waals surface area contributed by atoms with Crippen molar-refractivity contribution < 1.29 is 19.1 Å². The first kappa shape index (κ1) is 23.7. The number of hydrogen-bond acceptors (Lipinski definition) is 6. The highest BCUT2D eigenvalue weighted by atomic mass is 19.1. The van der Waals surface area contributed by atoms with E-state index in [9.17, 15) is 14.7 Å². The van der Waals surface area contributed by atoms with E-state index in [1.54, 1.807) is 11.0 Å². The molecule has 2 atom stereocenters. The Morgan fingerprint density at radius 3 is 2.54 bits per heavy atom. The number of carbonyl (C=O) groups excluding carboxylic acids is 2. The van der Waals surface area contributed by atoms with Gasteiger partial charge in [0.15, 0.2) is 6.35 Å². The topological polar surface area (TPSA) is 97.8 Å². The second-order valence-corrected chi connectivity index (χ2v) is 9.83. The molecule has 2 amide bonds. The Bertz CT molecular complexity index is 1150. The number of benzene rings is 1. The standard InChI is InChI=1S/C26H32FN5O3/c1-3-8-26(24(34)29-25(35)30-26)20-7-6-18(14-21(20)27)23(33)32-11-9-31(10-12-32)22-16(2)13-19(15-28-22)17-4-5-17/h6-7,13-15,17,25,30,35H,3-5,8-12H2,1-2H3,(H,29,34). The van der Waals surface area contributed by atoms with Crippen LogP contribution in [-0.2, 0) is 10.3 Å². The number of halogens is 1. The molecule has 9 heteroatoms. The van der Waals surface area contributed by atoms with E-state index in [1.807, 2.05) is 13.1 Å². The van der Waals surface area contributed by atoms with Gasteiger partial charge in [0, 0.05) is 43.5 Å². The van der Waals surface area contributed by atoms with Crippen LogP contribution in [0.15, 0.2) is 30.5 Å². The van der Waals surface area contributed by atoms with Gasteiger partial charge < -0.3 is 20.2 Å². The van der Waals surface area contributed by atoms with Crippen LogP contribution in [0.2, 0.25) is 0 Å². The van der Waals surface area contributed by atoms with Crippen LogP contribution in [0.4, 0.5) is 10.2 Å². The number of piperazine rings is 1. The minimum atomic E-state index is -1.36. The van der Waals surface area contributed by atoms with Crippen LogP contribution in [-0.4, -0.2) is 59.3 Å². The smallest absolute Gasteiger partial charge is 0.254 e. The summed E-state index contributed by atoms with van der Waals surface area (Å²) >= 11 is 0. The number of nitrogens with zero attached hydrogens (tertiary/aromatic N) is 3. The second kappa shape index (κ2) is 9.20. The summed E-state index contributed by atoms with van der Waals surface area (Å²) in [6.45, 7) is 6.32. The lowest BCUT2D eigenvalue weighted by atomic mass is 9.84. The highest BCUT2D eigenvalue weighted by molar-refractivity contribution is 5.95. The summed E-state index contributed by atoms with van der Waals surface area (Å²) in [7, 11) is 0. The van der Waals surface area contributed by atoms with Gasteiger partial charge in [-0.15, -0.1) is 0 Å². The molecule has 8 nitrogen and oxygen atoms in total. The van der Waals surface area contributed by atoms with Crippen molar-refractivity contribution >= 4 is 17.6 Å². The maximum Gasteiger partial charge on any atom is 0.254 e. The molecule has 0 spiro atoms. The van der Waals surface area contributed by atoms with Crippen LogP contribution < -0.4 is 15.5 Å². The lowest BCUT2D eigenvalue weighted by Gasteiger charge is -2.36. The van der Waals surface area contributed by atoms with E-state index in [2.05, 4.69) is 28.5 Å². The highest BCUT2D eigenvalue weighted by Gasteiger charge is 2.48. The van der Waals surface area contributed by atoms with Crippen LogP contribution in [0.25, 0.3) is 0 Å². The molecule has 0 bridgehead atoms. The molecule has 2 unspecified atom stereocenters. The quantitative estimate of drug-likeness (QED) is 0.586. The highest BCUT2D eigenvalue weighted by Crippen LogP contribution is 2.40. The molecule has 1 aliphatic carbocycles. The zero-order valence-electron chi connectivity index (χ0n) is 20.2. The molecular weight excluding hydrogens is 449 g/mol. The normalized spacial score (nSPS) is 24.6. The summed E-state index contributed by atoms with van der Waals surface area (Å²) in [5.74, 6) is 0.266. The number of pyridine rings is 1. The lowest BCUT2D eigenvalue weighted by Crippen LogP contribution is -2.49. The molecule has 3 N–H and O–H groups in total. The molecule has 1 saturated carbocycles. The number of aliphatic hydroxyl groups excluding tert-OH is 1. The predicted molar refractivity (Wildman–Crippen MR) is 129 cm³/mol. The summed E-state index contributed by atoms with van der Waals surface area (Å²) in [4.78, 5) is 34.3. The van der Waals surface area contributed by atoms with Gasteiger partial charge in [0.25, 0.3) is 5.91 Å². The van der Waals surface area contributed by atoms with Crippen molar-refractivity contribution in [1.29, 1.82) is 0 Å². The van der Waals surface area contributed by atoms with Crippen molar-refractivity contribution in [3.63, 3.8) is 0 Å². The number of aryl methyl sites for hydroxylation is 1. The molecule has 2 aromatic rings. The van der Waals surface area contributed by atoms with Gasteiger partial charge in [0.1, 0.15) is 17.2 Å². The number of aliphatic hydroxyl groups is 1. The van der Waals surface area contributed by atoms with Crippen molar-refractivity contribution in [2.45, 2.75) is 57.3 Å². The van der Waals surface area contributed by atoms with Crippen LogP contribution >= 0.6 is 0 Å². The van der Waals surface area contributed by atoms with Gasteiger partial charge >= 0.3 is 0 Å². The summed E-state index contributed by atoms with van der Waals surface area (Å²) < 4.78 is 15.2. The van der Waals surface area contributed by atoms with Gasteiger partial charge in [-0.3, -0.25) is 14.9 Å². The maximum atomic E-state index is 15.2. The van der Waals surface area contributed by atoms with Gasteiger partial charge in [-0.25, -0.2) is 9.37 Å². The minimum absolute atomic E-state index is 0.131. The average Bonchev–Trinajstić information content (AvgIpc) is 3.64. The molecule has 3 aliphatic rings. The number of hydrogen-bond donors (Lipinski definition) is 3. The first-order chi connectivity index (χ1) is 16.8. The maximum absolute atomic E-state index is 15.2. The average molecular weight is 482 g/mol. The number of amides is 2. The first-order valence-corrected chi connectivity index (χ1v) is 12.4. The first-order valence-electron chi connectivity index (χ1n) is 12.4. The Labute approximate surface area is 204 Å². The Morgan fingerprint density at radius 2 is 1.97 bits per heavy atom. The molecule has 2 saturated heterocycles. The third kappa shape index (κ3) is 4.38. The third-order valence-electron chi connectivity index (χ3n) is 7.33. The van der Waals surface area contributed by atoms with E-state index in [1.165, 1.54) is 30.5 Å². The predicted octanol–water partition coefficient (Wildman–Crippen LogP) is 2.36. The zero-order valence-corrected chi connectivity index (χ0v) is 20.2. The number of anilines is 1. The number of nitrogens with one attached hydrogen (secondary N) is 2. The van der Waals surface area contributed by atoms with Crippen molar-refractivity contribution in [2.75, 3.05) is 31.1 Å². The number of carbonyl (C=O) groups is 2. The fourth-order valence-electron chi connectivity index (χ4n) is 5.34. The molecule has 1 aromatic heterocycles. The molecule has 5 rings (SSSR count). The zero-order chi connectivity index (χ0) is 24.7. The van der Waals surface area contributed by atoms with E-state index >= 15 is 4.39 Å². The molecule has 186 valence electrons. The fraction of sp³-hybridized carbons (Fsp3) is 0.500. The molecular formula is C26H32FN5O3. The summed E-state index contributed by atoms with van der Waals surface area (Å²) in [5, 5.41) is 15.0. The van der Waals surface area contributed by atoms with Crippen LogP contribution in [0.3, 0.4) is 0 Å². The third-order valence-corrected chi connectivity index (χ3v) is 7.33. The Balaban J connectivity index is 1.27. The van der Waals surface area contributed by atoms with Crippen molar-refractivity contribution in [2.24, 2.45) is 0 Å². The van der Waals surface area contributed by atoms with E-state index in [-0.39, 0.29) is 17.0 Å². The van der Waals surface area contributed by atoms with Gasteiger partial charge in [-0.1, -0.05) is 25.5 Å². The van der Waals surface area contributed by atoms with E-state index < -0.39 is 23.6 Å². The number of aromatic nitrogens is 1. The van der Waals surface area contributed by atoms with Gasteiger partial charge in [0.05, 0.1) is 0 Å². The van der Waals surface area contributed by atoms with Crippen LogP contribution in [0.5, 0.6) is 0 Å². The van der Waals surface area contributed by atoms with Gasteiger partial charge in [-0.2, -0.15) is 0 Å². The van der Waals surface area contributed by atoms with E-state index in [0.29, 0.717) is 44.9 Å². The molecule has 2 aliphatic heterocycles. The number of rotatable bonds is 6. The summed E-state index contributed by atoms with van der Waals surface area (Å²) in [6.07, 6.45) is 4.15. The lowest BCUT2D eigenvalue weighted by molar-refractivity contribution is -0.125. The summed E-state index contributed by atoms with van der Waals surface area (Å²) in [5.41, 5.74) is 1.48. The van der Waals surface area contributed by atoms with E-state index in [4.69, 9.17) is 4.98 Å². The monoisotopic (exact) mass is 481 g/mol. The van der Waals surface area contributed by atoms with Crippen LogP contribution in [0.1, 0.15) is 65.6 Å². The summed E-state index contributed by atoms with van der Waals surface area (Å²) in [6, 6.07) is 6.47. The molecule has 3 heterocycles. The Morgan fingerprint density at radius 1 is 1.23 bits per heavy atom. The molecule has 0 radical (unpaired) electrons. The second-order valence-electron chi connectivity index (χ2n) is 9.83. The SMILES string of the molecule is CCCC1(c2ccc(C(=O)N3CCN(c4ncc(C5CC5)cc4C)CC3)cc2F)NC(O)NC1=O. The van der Waals surface area contributed by atoms with Crippen molar-refractivity contribution in [3.05, 3.63) is 58.5 Å². The molecule has 35 heavy (non-hydrogen) atoms. The van der Waals surface area contributed by atoms with Crippen molar-refractivity contribution in [3.8, 4) is 0 Å². The fourth-order valence-corrected chi connectivity index (χ4v) is 5.34. The van der Waals surface area contributed by atoms with Crippen molar-refractivity contribution in [1.82, 2.24) is 20.5 Å². The van der Waals surface area contributed by atoms with Gasteiger partial charge in [-0.05, 0) is 55.4 Å². The molecule has 1 aromatic carbocycles. The van der Waals surface area contributed by atoms with E-state index in [0.717, 1.165) is 11.4 Å². The Kier molecular flexibility index (Phi) is 6.23. The Hall–Kier alpha value is -3.04. The van der Waals surface area contributed by atoms with Gasteiger partial charge in [0.2, 0.25) is 5.91 Å². The largest absolute Gasteiger partial charge is 0.361 e. The minimum Gasteiger partial charge on any atom is -0.361 e. The molecule has 3 fully saturated rings.